The van der Waals surface area contributed by atoms with Gasteiger partial charge in [-0.3, -0.25) is 4.79 Å². The fourth-order valence-electron chi connectivity index (χ4n) is 5.55. The Hall–Kier alpha value is -2.77. The number of nitrogens with one attached hydrogen (secondary N) is 2. The highest BCUT2D eigenvalue weighted by molar-refractivity contribution is 5.84. The minimum Gasteiger partial charge on any atom is -0.444 e. The summed E-state index contributed by atoms with van der Waals surface area (Å²) in [6.45, 7) is 6.00. The lowest BCUT2D eigenvalue weighted by atomic mass is 9.43. The molecule has 8 heteroatoms. The monoisotopic (exact) mass is 428 g/mol. The van der Waals surface area contributed by atoms with Crippen molar-refractivity contribution in [2.45, 2.75) is 75.5 Å². The minimum atomic E-state index is -0.708. The molecular weight excluding hydrogens is 396 g/mol. The Morgan fingerprint density at radius 3 is 2.52 bits per heavy atom. The number of ether oxygens (including phenoxy) is 1. The van der Waals surface area contributed by atoms with Gasteiger partial charge >= 0.3 is 12.1 Å². The van der Waals surface area contributed by atoms with Gasteiger partial charge in [-0.05, 0) is 64.0 Å². The van der Waals surface area contributed by atoms with Crippen LogP contribution < -0.4 is 16.4 Å². The summed E-state index contributed by atoms with van der Waals surface area (Å²) in [6.07, 6.45) is 3.71. The second kappa shape index (κ2) is 7.43. The van der Waals surface area contributed by atoms with Gasteiger partial charge in [0.25, 0.3) is 0 Å². The Kier molecular flexibility index (Phi) is 5.14. The number of benzene rings is 1. The average molecular weight is 429 g/mol. The molecule has 0 aliphatic heterocycles. The van der Waals surface area contributed by atoms with E-state index in [1.165, 1.54) is 11.1 Å². The van der Waals surface area contributed by atoms with Crippen LogP contribution in [0.3, 0.4) is 0 Å². The van der Waals surface area contributed by atoms with E-state index in [1.807, 2.05) is 37.8 Å². The molecule has 4 amide bonds. The van der Waals surface area contributed by atoms with Crippen LogP contribution in [0.15, 0.2) is 24.3 Å². The highest BCUT2D eigenvalue weighted by Gasteiger charge is 2.72. The molecule has 1 aromatic carbocycles. The van der Waals surface area contributed by atoms with Crippen molar-refractivity contribution >= 4 is 18.0 Å². The number of primary amides is 1. The minimum absolute atomic E-state index is 0.113. The Balaban J connectivity index is 1.44. The topological polar surface area (TPSA) is 114 Å². The van der Waals surface area contributed by atoms with Crippen LogP contribution in [0.25, 0.3) is 0 Å². The van der Waals surface area contributed by atoms with Crippen LogP contribution in [0.4, 0.5) is 9.59 Å². The first kappa shape index (κ1) is 21.5. The summed E-state index contributed by atoms with van der Waals surface area (Å²) < 4.78 is 5.39. The molecule has 4 aliphatic rings. The summed E-state index contributed by atoms with van der Waals surface area (Å²) >= 11 is 0. The van der Waals surface area contributed by atoms with Gasteiger partial charge in [-0.1, -0.05) is 24.3 Å². The van der Waals surface area contributed by atoms with E-state index in [2.05, 4.69) is 22.8 Å². The van der Waals surface area contributed by atoms with Crippen molar-refractivity contribution in [1.29, 1.82) is 0 Å². The quantitative estimate of drug-likeness (QED) is 0.646. The van der Waals surface area contributed by atoms with Gasteiger partial charge < -0.3 is 26.0 Å². The van der Waals surface area contributed by atoms with Crippen molar-refractivity contribution < 1.29 is 19.1 Å². The number of aryl methyl sites for hydroxylation is 1. The third kappa shape index (κ3) is 4.20. The number of carbonyl (C=O) groups is 3. The van der Waals surface area contributed by atoms with Crippen LogP contribution in [-0.2, 0) is 16.0 Å². The van der Waals surface area contributed by atoms with E-state index in [4.69, 9.17) is 10.5 Å². The van der Waals surface area contributed by atoms with Crippen molar-refractivity contribution in [1.82, 2.24) is 15.5 Å². The van der Waals surface area contributed by atoms with Gasteiger partial charge in [0.2, 0.25) is 5.91 Å². The molecule has 1 atom stereocenters. The predicted molar refractivity (Wildman–Crippen MR) is 115 cm³/mol. The van der Waals surface area contributed by atoms with E-state index >= 15 is 0 Å². The van der Waals surface area contributed by atoms with E-state index < -0.39 is 17.7 Å². The van der Waals surface area contributed by atoms with Crippen LogP contribution in [0.1, 0.15) is 63.5 Å². The van der Waals surface area contributed by atoms with Gasteiger partial charge in [0, 0.05) is 18.0 Å². The molecule has 4 N–H and O–H groups in total. The predicted octanol–water partition coefficient (Wildman–Crippen LogP) is 2.41. The molecule has 3 fully saturated rings. The Morgan fingerprint density at radius 1 is 1.19 bits per heavy atom. The molecule has 4 aliphatic carbocycles. The van der Waals surface area contributed by atoms with E-state index in [0.29, 0.717) is 25.8 Å². The number of nitrogens with two attached hydrogens (primary N) is 1. The molecule has 1 aromatic rings. The SMILES string of the molecule is CC(C)(C)OC(=O)NC12CC(N(CC3CCc4ccccc43)C(=O)CNC(N)=O)(C1)C2. The van der Waals surface area contributed by atoms with Gasteiger partial charge in [0.05, 0.1) is 12.1 Å². The van der Waals surface area contributed by atoms with Gasteiger partial charge in [-0.2, -0.15) is 0 Å². The van der Waals surface area contributed by atoms with Crippen molar-refractivity contribution in [2.24, 2.45) is 5.73 Å². The van der Waals surface area contributed by atoms with Crippen LogP contribution in [0.5, 0.6) is 0 Å². The maximum absolute atomic E-state index is 13.1. The molecule has 2 bridgehead atoms. The van der Waals surface area contributed by atoms with Gasteiger partial charge in [0.15, 0.2) is 0 Å². The van der Waals surface area contributed by atoms with Gasteiger partial charge in [-0.15, -0.1) is 0 Å². The molecule has 5 rings (SSSR count). The fourth-order valence-corrected chi connectivity index (χ4v) is 5.55. The average Bonchev–Trinajstić information content (AvgIpc) is 3.01. The molecule has 3 saturated carbocycles. The van der Waals surface area contributed by atoms with Crippen LogP contribution in [0, 0.1) is 0 Å². The summed E-state index contributed by atoms with van der Waals surface area (Å²) in [4.78, 5) is 38.4. The Morgan fingerprint density at radius 2 is 1.87 bits per heavy atom. The highest BCUT2D eigenvalue weighted by Crippen LogP contribution is 2.64. The molecule has 168 valence electrons. The first-order valence-corrected chi connectivity index (χ1v) is 10.9. The maximum atomic E-state index is 13.1. The molecule has 8 nitrogen and oxygen atoms in total. The van der Waals surface area contributed by atoms with Gasteiger partial charge in [-0.25, -0.2) is 9.59 Å². The zero-order valence-electron chi connectivity index (χ0n) is 18.5. The summed E-state index contributed by atoms with van der Waals surface area (Å²) in [7, 11) is 0. The maximum Gasteiger partial charge on any atom is 0.408 e. The second-order valence-corrected chi connectivity index (χ2v) is 10.3. The van der Waals surface area contributed by atoms with Crippen LogP contribution in [0.2, 0.25) is 0 Å². The molecular formula is C23H32N4O4. The molecule has 0 radical (unpaired) electrons. The molecule has 0 spiro atoms. The fraction of sp³-hybridized carbons (Fsp3) is 0.609. The normalized spacial score (nSPS) is 27.9. The number of nitrogens with zero attached hydrogens (tertiary/aromatic N) is 1. The summed E-state index contributed by atoms with van der Waals surface area (Å²) in [5, 5.41) is 5.44. The molecule has 31 heavy (non-hydrogen) atoms. The largest absolute Gasteiger partial charge is 0.444 e. The lowest BCUT2D eigenvalue weighted by Crippen LogP contribution is -2.84. The van der Waals surface area contributed by atoms with E-state index in [1.54, 1.807) is 0 Å². The van der Waals surface area contributed by atoms with Gasteiger partial charge in [0.1, 0.15) is 5.60 Å². The number of hydrogen-bond acceptors (Lipinski definition) is 4. The van der Waals surface area contributed by atoms with Crippen molar-refractivity contribution in [3.8, 4) is 0 Å². The zero-order chi connectivity index (χ0) is 22.4. The Labute approximate surface area is 182 Å². The lowest BCUT2D eigenvalue weighted by Gasteiger charge is -2.73. The van der Waals surface area contributed by atoms with Crippen LogP contribution >= 0.6 is 0 Å². The van der Waals surface area contributed by atoms with E-state index in [-0.39, 0.29) is 29.4 Å². The smallest absolute Gasteiger partial charge is 0.408 e. The Bertz CT molecular complexity index is 887. The number of carbonyl (C=O) groups excluding carboxylic acids is 3. The van der Waals surface area contributed by atoms with Crippen LogP contribution in [-0.4, -0.2) is 52.7 Å². The van der Waals surface area contributed by atoms with Crippen molar-refractivity contribution in [3.63, 3.8) is 0 Å². The first-order valence-electron chi connectivity index (χ1n) is 10.9. The summed E-state index contributed by atoms with van der Waals surface area (Å²) in [6, 6.07) is 7.68. The van der Waals surface area contributed by atoms with E-state index in [9.17, 15) is 14.4 Å². The number of hydrogen-bond donors (Lipinski definition) is 3. The molecule has 1 unspecified atom stereocenters. The number of amides is 4. The number of fused-ring (bicyclic) bond motifs is 1. The van der Waals surface area contributed by atoms with E-state index in [0.717, 1.165) is 12.8 Å². The molecule has 0 saturated heterocycles. The third-order valence-corrected chi connectivity index (χ3v) is 6.72. The molecule has 0 heterocycles. The third-order valence-electron chi connectivity index (χ3n) is 6.72. The highest BCUT2D eigenvalue weighted by atomic mass is 16.6. The summed E-state index contributed by atoms with van der Waals surface area (Å²) in [5.41, 5.74) is 6.70. The zero-order valence-corrected chi connectivity index (χ0v) is 18.5. The lowest BCUT2D eigenvalue weighted by molar-refractivity contribution is -0.188. The number of urea groups is 1. The standard InChI is InChI=1S/C23H32N4O4/c1-21(2,3)31-20(30)26-22-12-23(13-22,14-22)27(18(28)10-25-19(24)29)11-16-9-8-15-6-4-5-7-17(15)16/h4-7,16H,8-14H2,1-3H3,(H,26,30)(H3,24,25,29). The molecule has 0 aromatic heterocycles. The van der Waals surface area contributed by atoms with Crippen molar-refractivity contribution in [3.05, 3.63) is 35.4 Å². The van der Waals surface area contributed by atoms with Crippen molar-refractivity contribution in [2.75, 3.05) is 13.1 Å². The second-order valence-electron chi connectivity index (χ2n) is 10.3. The summed E-state index contributed by atoms with van der Waals surface area (Å²) in [5.74, 6) is 0.145. The number of rotatable bonds is 6. The number of alkyl carbamates (subject to hydrolysis) is 1. The first-order chi connectivity index (χ1) is 14.5.